The lowest BCUT2D eigenvalue weighted by atomic mass is 10.2. The number of amides is 2. The summed E-state index contributed by atoms with van der Waals surface area (Å²) in [6, 6.07) is 6.93. The van der Waals surface area contributed by atoms with Gasteiger partial charge in [-0.3, -0.25) is 4.79 Å². The van der Waals surface area contributed by atoms with Crippen molar-refractivity contribution in [2.24, 2.45) is 0 Å². The molecule has 1 aromatic rings. The number of nitrogens with zero attached hydrogens (tertiary/aromatic N) is 1. The Morgan fingerprint density at radius 2 is 2.06 bits per heavy atom. The molecule has 0 atom stereocenters. The van der Waals surface area contributed by atoms with Gasteiger partial charge in [0, 0.05) is 25.2 Å². The van der Waals surface area contributed by atoms with Gasteiger partial charge in [-0.05, 0) is 11.6 Å². The molecule has 0 unspecified atom stereocenters. The Kier molecular flexibility index (Phi) is 5.45. The van der Waals surface area contributed by atoms with Crippen LogP contribution in [0.5, 0.6) is 0 Å². The first-order valence-corrected chi connectivity index (χ1v) is 5.82. The van der Waals surface area contributed by atoms with E-state index < -0.39 is 5.97 Å². The van der Waals surface area contributed by atoms with E-state index in [2.05, 4.69) is 5.32 Å². The Morgan fingerprint density at radius 1 is 1.39 bits per heavy atom. The normalized spacial score (nSPS) is 9.89. The zero-order valence-electron chi connectivity index (χ0n) is 10.0. The molecule has 0 saturated carbocycles. The Bertz CT molecular complexity index is 437. The van der Waals surface area contributed by atoms with Crippen LogP contribution in [-0.2, 0) is 11.3 Å². The highest BCUT2D eigenvalue weighted by Gasteiger charge is 2.10. The van der Waals surface area contributed by atoms with Gasteiger partial charge in [-0.15, -0.1) is 0 Å². The fraction of sp³-hybridized carbons (Fsp3) is 0.333. The summed E-state index contributed by atoms with van der Waals surface area (Å²) in [6.45, 7) is 0.486. The number of carboxylic acids is 1. The van der Waals surface area contributed by atoms with Gasteiger partial charge in [-0.2, -0.15) is 0 Å². The molecule has 0 aliphatic carbocycles. The third kappa shape index (κ3) is 4.63. The van der Waals surface area contributed by atoms with Gasteiger partial charge < -0.3 is 15.3 Å². The first kappa shape index (κ1) is 14.3. The highest BCUT2D eigenvalue weighted by molar-refractivity contribution is 6.31. The minimum absolute atomic E-state index is 0.0916. The van der Waals surface area contributed by atoms with E-state index in [4.69, 9.17) is 16.7 Å². The van der Waals surface area contributed by atoms with Gasteiger partial charge in [0.15, 0.2) is 0 Å². The molecule has 0 fully saturated rings. The third-order valence-electron chi connectivity index (χ3n) is 2.33. The molecular formula is C12H15ClN2O3. The summed E-state index contributed by atoms with van der Waals surface area (Å²) >= 11 is 5.98. The molecule has 6 heteroatoms. The van der Waals surface area contributed by atoms with Gasteiger partial charge in [-0.1, -0.05) is 29.8 Å². The van der Waals surface area contributed by atoms with Crippen LogP contribution >= 0.6 is 11.6 Å². The van der Waals surface area contributed by atoms with Crippen LogP contribution in [0.3, 0.4) is 0 Å². The number of aliphatic carboxylic acids is 1. The zero-order chi connectivity index (χ0) is 13.5. The second-order valence-electron chi connectivity index (χ2n) is 3.82. The Balaban J connectivity index is 2.45. The molecule has 2 N–H and O–H groups in total. The highest BCUT2D eigenvalue weighted by atomic mass is 35.5. The zero-order valence-corrected chi connectivity index (χ0v) is 10.8. The fourth-order valence-corrected chi connectivity index (χ4v) is 1.56. The third-order valence-corrected chi connectivity index (χ3v) is 2.70. The van der Waals surface area contributed by atoms with E-state index in [-0.39, 0.29) is 19.0 Å². The molecule has 0 spiro atoms. The van der Waals surface area contributed by atoms with Crippen molar-refractivity contribution in [2.75, 3.05) is 13.6 Å². The summed E-state index contributed by atoms with van der Waals surface area (Å²) in [5.74, 6) is -0.941. The standard InChI is InChI=1S/C12H15ClN2O3/c1-15(12(18)14-7-6-11(16)17)8-9-4-2-3-5-10(9)13/h2-5H,6-8H2,1H3,(H,14,18)(H,16,17). The maximum Gasteiger partial charge on any atom is 0.317 e. The number of halogens is 1. The minimum atomic E-state index is -0.941. The number of carbonyl (C=O) groups is 2. The van der Waals surface area contributed by atoms with E-state index in [1.165, 1.54) is 4.90 Å². The van der Waals surface area contributed by atoms with E-state index in [9.17, 15) is 9.59 Å². The molecule has 0 aromatic heterocycles. The summed E-state index contributed by atoms with van der Waals surface area (Å²) < 4.78 is 0. The maximum absolute atomic E-state index is 11.6. The number of rotatable bonds is 5. The number of hydrogen-bond acceptors (Lipinski definition) is 2. The molecule has 0 radical (unpaired) electrons. The maximum atomic E-state index is 11.6. The SMILES string of the molecule is CN(Cc1ccccc1Cl)C(=O)NCCC(=O)O. The Morgan fingerprint density at radius 3 is 2.67 bits per heavy atom. The molecule has 0 aliphatic heterocycles. The van der Waals surface area contributed by atoms with E-state index in [1.54, 1.807) is 13.1 Å². The molecule has 0 saturated heterocycles. The number of hydrogen-bond donors (Lipinski definition) is 2. The van der Waals surface area contributed by atoms with Crippen LogP contribution < -0.4 is 5.32 Å². The number of carbonyl (C=O) groups excluding carboxylic acids is 1. The second-order valence-corrected chi connectivity index (χ2v) is 4.23. The predicted octanol–water partition coefficient (Wildman–Crippen LogP) is 1.96. The van der Waals surface area contributed by atoms with Gasteiger partial charge in [0.1, 0.15) is 0 Å². The number of benzene rings is 1. The highest BCUT2D eigenvalue weighted by Crippen LogP contribution is 2.16. The Labute approximate surface area is 110 Å². The lowest BCUT2D eigenvalue weighted by molar-refractivity contribution is -0.136. The average Bonchev–Trinajstić information content (AvgIpc) is 2.31. The predicted molar refractivity (Wildman–Crippen MR) is 68.6 cm³/mol. The quantitative estimate of drug-likeness (QED) is 0.859. The lowest BCUT2D eigenvalue weighted by Gasteiger charge is -2.18. The molecule has 0 heterocycles. The van der Waals surface area contributed by atoms with Gasteiger partial charge in [0.25, 0.3) is 0 Å². The van der Waals surface area contributed by atoms with Crippen molar-refractivity contribution in [3.8, 4) is 0 Å². The molecule has 0 aliphatic rings. The number of nitrogens with one attached hydrogen (secondary N) is 1. The molecule has 1 rings (SSSR count). The number of carboxylic acid groups (broad SMARTS) is 1. The van der Waals surface area contributed by atoms with Crippen molar-refractivity contribution >= 4 is 23.6 Å². The summed E-state index contributed by atoms with van der Waals surface area (Å²) in [5, 5.41) is 11.6. The van der Waals surface area contributed by atoms with Crippen LogP contribution in [0, 0.1) is 0 Å². The molecule has 2 amide bonds. The van der Waals surface area contributed by atoms with Crippen molar-refractivity contribution in [1.29, 1.82) is 0 Å². The van der Waals surface area contributed by atoms with E-state index >= 15 is 0 Å². The monoisotopic (exact) mass is 270 g/mol. The van der Waals surface area contributed by atoms with E-state index in [1.807, 2.05) is 18.2 Å². The smallest absolute Gasteiger partial charge is 0.317 e. The van der Waals surface area contributed by atoms with E-state index in [0.717, 1.165) is 5.56 Å². The van der Waals surface area contributed by atoms with Crippen molar-refractivity contribution in [2.45, 2.75) is 13.0 Å². The molecule has 98 valence electrons. The first-order chi connectivity index (χ1) is 8.50. The summed E-state index contributed by atoms with van der Waals surface area (Å²) in [5.41, 5.74) is 0.843. The first-order valence-electron chi connectivity index (χ1n) is 5.45. The van der Waals surface area contributed by atoms with Crippen LogP contribution in [0.1, 0.15) is 12.0 Å². The summed E-state index contributed by atoms with van der Waals surface area (Å²) in [4.78, 5) is 23.4. The van der Waals surface area contributed by atoms with Gasteiger partial charge in [-0.25, -0.2) is 4.79 Å². The van der Waals surface area contributed by atoms with Crippen LogP contribution in [0.15, 0.2) is 24.3 Å². The molecule has 0 bridgehead atoms. The van der Waals surface area contributed by atoms with Crippen molar-refractivity contribution in [3.63, 3.8) is 0 Å². The van der Waals surface area contributed by atoms with Crippen LogP contribution in [0.2, 0.25) is 5.02 Å². The molecule has 1 aromatic carbocycles. The van der Waals surface area contributed by atoms with Crippen molar-refractivity contribution in [3.05, 3.63) is 34.9 Å². The molecule has 18 heavy (non-hydrogen) atoms. The van der Waals surface area contributed by atoms with E-state index in [0.29, 0.717) is 11.6 Å². The number of urea groups is 1. The largest absolute Gasteiger partial charge is 0.481 e. The lowest BCUT2D eigenvalue weighted by Crippen LogP contribution is -2.37. The summed E-state index contributed by atoms with van der Waals surface area (Å²) in [6.07, 6.45) is -0.0916. The minimum Gasteiger partial charge on any atom is -0.481 e. The van der Waals surface area contributed by atoms with Crippen LogP contribution in [0.25, 0.3) is 0 Å². The van der Waals surface area contributed by atoms with Crippen molar-refractivity contribution in [1.82, 2.24) is 10.2 Å². The van der Waals surface area contributed by atoms with Gasteiger partial charge >= 0.3 is 12.0 Å². The van der Waals surface area contributed by atoms with Crippen LogP contribution in [0.4, 0.5) is 4.79 Å². The fourth-order valence-electron chi connectivity index (χ4n) is 1.37. The van der Waals surface area contributed by atoms with Gasteiger partial charge in [0.2, 0.25) is 0 Å². The van der Waals surface area contributed by atoms with Crippen LogP contribution in [-0.4, -0.2) is 35.6 Å². The summed E-state index contributed by atoms with van der Waals surface area (Å²) in [7, 11) is 1.62. The second kappa shape index (κ2) is 6.86. The molecular weight excluding hydrogens is 256 g/mol. The molecule has 5 nitrogen and oxygen atoms in total. The van der Waals surface area contributed by atoms with Crippen molar-refractivity contribution < 1.29 is 14.7 Å². The average molecular weight is 271 g/mol. The Hall–Kier alpha value is -1.75. The topological polar surface area (TPSA) is 69.6 Å². The van der Waals surface area contributed by atoms with Gasteiger partial charge in [0.05, 0.1) is 6.42 Å².